The maximum Gasteiger partial charge on any atom is 0.185 e. The van der Waals surface area contributed by atoms with Crippen molar-refractivity contribution in [2.75, 3.05) is 13.1 Å². The van der Waals surface area contributed by atoms with Crippen LogP contribution in [0.2, 0.25) is 5.02 Å². The van der Waals surface area contributed by atoms with Crippen molar-refractivity contribution in [1.29, 1.82) is 0 Å². The summed E-state index contributed by atoms with van der Waals surface area (Å²) in [5.74, 6) is -1.72. The number of hydrogen-bond donors (Lipinski definition) is 1. The van der Waals surface area contributed by atoms with E-state index >= 15 is 0 Å². The van der Waals surface area contributed by atoms with Gasteiger partial charge in [0.15, 0.2) is 11.5 Å². The molecule has 3 aromatic rings. The van der Waals surface area contributed by atoms with Gasteiger partial charge in [0.1, 0.15) is 23.1 Å². The molecule has 0 radical (unpaired) electrons. The minimum absolute atomic E-state index is 0.0130. The van der Waals surface area contributed by atoms with Crippen molar-refractivity contribution in [3.05, 3.63) is 76.4 Å². The number of nitrogens with zero attached hydrogens (tertiary/aromatic N) is 2. The Kier molecular flexibility index (Phi) is 8.45. The molecule has 0 atom stereocenters. The summed E-state index contributed by atoms with van der Waals surface area (Å²) >= 11 is 6.21. The molecule has 6 nitrogen and oxygen atoms in total. The third-order valence-electron chi connectivity index (χ3n) is 8.97. The Hall–Kier alpha value is -2.94. The molecular formula is C33H37ClF2N2O4. The fourth-order valence-corrected chi connectivity index (χ4v) is 6.78. The van der Waals surface area contributed by atoms with Crippen molar-refractivity contribution >= 4 is 23.2 Å². The van der Waals surface area contributed by atoms with E-state index in [0.29, 0.717) is 43.4 Å². The van der Waals surface area contributed by atoms with E-state index in [-0.39, 0.29) is 41.4 Å². The largest absolute Gasteiger partial charge is 0.390 e. The average Bonchev–Trinajstić information content (AvgIpc) is 3.37. The lowest BCUT2D eigenvalue weighted by Gasteiger charge is -2.55. The van der Waals surface area contributed by atoms with E-state index in [1.165, 1.54) is 12.1 Å². The molecule has 0 spiro atoms. The molecule has 224 valence electrons. The zero-order chi connectivity index (χ0) is 30.3. The summed E-state index contributed by atoms with van der Waals surface area (Å²) in [7, 11) is 0. The summed E-state index contributed by atoms with van der Waals surface area (Å²) in [6.45, 7) is 7.08. The highest BCUT2D eigenvalue weighted by Gasteiger charge is 2.49. The van der Waals surface area contributed by atoms with Crippen LogP contribution in [-0.2, 0) is 10.2 Å². The summed E-state index contributed by atoms with van der Waals surface area (Å²) in [6.07, 6.45) is 3.79. The lowest BCUT2D eigenvalue weighted by atomic mass is 9.68. The number of aromatic nitrogens is 1. The average molecular weight is 599 g/mol. The van der Waals surface area contributed by atoms with Gasteiger partial charge in [0, 0.05) is 61.0 Å². The summed E-state index contributed by atoms with van der Waals surface area (Å²) in [5, 5.41) is 14.9. The van der Waals surface area contributed by atoms with Crippen molar-refractivity contribution in [3.8, 4) is 11.3 Å². The molecule has 5 rings (SSSR count). The van der Waals surface area contributed by atoms with Gasteiger partial charge in [-0.05, 0) is 67.9 Å². The Balaban J connectivity index is 1.31. The number of carbonyl (C=O) groups excluding carboxylic acids is 2. The molecule has 1 aromatic heterocycles. The maximum atomic E-state index is 14.3. The first-order valence-corrected chi connectivity index (χ1v) is 14.8. The molecule has 0 bridgehead atoms. The van der Waals surface area contributed by atoms with Crippen LogP contribution in [-0.4, -0.2) is 51.5 Å². The van der Waals surface area contributed by atoms with Crippen molar-refractivity contribution in [2.45, 2.75) is 82.8 Å². The number of halogens is 3. The fourth-order valence-electron chi connectivity index (χ4n) is 6.59. The monoisotopic (exact) mass is 598 g/mol. The van der Waals surface area contributed by atoms with Crippen LogP contribution in [0.25, 0.3) is 11.3 Å². The van der Waals surface area contributed by atoms with Crippen LogP contribution in [0.1, 0.15) is 81.8 Å². The Morgan fingerprint density at radius 2 is 1.81 bits per heavy atom. The zero-order valence-electron chi connectivity index (χ0n) is 24.3. The summed E-state index contributed by atoms with van der Waals surface area (Å²) in [5.41, 5.74) is -0.623. The molecule has 1 aliphatic heterocycles. The molecule has 42 heavy (non-hydrogen) atoms. The van der Waals surface area contributed by atoms with Crippen LogP contribution >= 0.6 is 11.6 Å². The highest BCUT2D eigenvalue weighted by molar-refractivity contribution is 6.30. The van der Waals surface area contributed by atoms with Crippen molar-refractivity contribution < 1.29 is 28.0 Å². The van der Waals surface area contributed by atoms with Crippen LogP contribution in [0.15, 0.2) is 53.1 Å². The third-order valence-corrected chi connectivity index (χ3v) is 9.21. The standard InChI is InChI=1S/C33H37ClF2N2O4/c1-31(2,21-5-4-6-22(34)13-21)16-25(39)17-33(19-38(20-33)24-9-11-32(3,41)12-10-24)18-29(40)28-15-30(42-37-28)26-8-7-23(35)14-27(26)36/h4-8,13-15,24,41H,9-12,16-20H2,1-3H3. The molecule has 2 aliphatic rings. The van der Waals surface area contributed by atoms with Gasteiger partial charge in [-0.2, -0.15) is 0 Å². The van der Waals surface area contributed by atoms with Gasteiger partial charge < -0.3 is 9.63 Å². The van der Waals surface area contributed by atoms with Gasteiger partial charge >= 0.3 is 0 Å². The normalized spacial score (nSPS) is 22.5. The topological polar surface area (TPSA) is 83.6 Å². The summed E-state index contributed by atoms with van der Waals surface area (Å²) in [4.78, 5) is 29.4. The summed E-state index contributed by atoms with van der Waals surface area (Å²) < 4.78 is 32.9. The number of benzene rings is 2. The number of likely N-dealkylation sites (tertiary alicyclic amines) is 1. The second-order valence-electron chi connectivity index (χ2n) is 13.2. The van der Waals surface area contributed by atoms with E-state index in [9.17, 15) is 23.5 Å². The molecule has 2 aromatic carbocycles. The summed E-state index contributed by atoms with van der Waals surface area (Å²) in [6, 6.07) is 12.3. The first kappa shape index (κ1) is 30.5. The zero-order valence-corrected chi connectivity index (χ0v) is 25.0. The predicted octanol–water partition coefficient (Wildman–Crippen LogP) is 7.17. The van der Waals surface area contributed by atoms with Gasteiger partial charge in [-0.3, -0.25) is 14.5 Å². The van der Waals surface area contributed by atoms with Gasteiger partial charge in [0.2, 0.25) is 0 Å². The highest BCUT2D eigenvalue weighted by Crippen LogP contribution is 2.44. The highest BCUT2D eigenvalue weighted by atomic mass is 35.5. The van der Waals surface area contributed by atoms with Gasteiger partial charge in [-0.1, -0.05) is 42.7 Å². The minimum Gasteiger partial charge on any atom is -0.390 e. The van der Waals surface area contributed by atoms with Crippen LogP contribution < -0.4 is 0 Å². The number of carbonyl (C=O) groups is 2. The van der Waals surface area contributed by atoms with Gasteiger partial charge in [0.25, 0.3) is 0 Å². The van der Waals surface area contributed by atoms with E-state index in [2.05, 4.69) is 10.1 Å². The number of hydrogen-bond acceptors (Lipinski definition) is 6. The minimum atomic E-state index is -0.810. The van der Waals surface area contributed by atoms with Crippen molar-refractivity contribution in [2.24, 2.45) is 5.41 Å². The van der Waals surface area contributed by atoms with Crippen LogP contribution in [0.5, 0.6) is 0 Å². The van der Waals surface area contributed by atoms with Crippen LogP contribution in [0.3, 0.4) is 0 Å². The molecule has 2 heterocycles. The molecule has 1 aliphatic carbocycles. The van der Waals surface area contributed by atoms with Gasteiger partial charge in [0.05, 0.1) is 11.2 Å². The van der Waals surface area contributed by atoms with Gasteiger partial charge in [-0.15, -0.1) is 0 Å². The Labute approximate surface area is 250 Å². The second-order valence-corrected chi connectivity index (χ2v) is 13.7. The second kappa shape index (κ2) is 11.6. The number of aliphatic hydroxyl groups is 1. The van der Waals surface area contributed by atoms with E-state index in [1.807, 2.05) is 39.0 Å². The molecule has 9 heteroatoms. The quantitative estimate of drug-likeness (QED) is 0.249. The molecule has 0 amide bonds. The molecule has 1 saturated heterocycles. The van der Waals surface area contributed by atoms with Crippen LogP contribution in [0, 0.1) is 17.0 Å². The van der Waals surface area contributed by atoms with Crippen molar-refractivity contribution in [3.63, 3.8) is 0 Å². The molecule has 0 unspecified atom stereocenters. The Bertz CT molecular complexity index is 1470. The predicted molar refractivity (Wildman–Crippen MR) is 156 cm³/mol. The SMILES string of the molecule is CC1(O)CCC(N2CC(CC(=O)CC(C)(C)c3cccc(Cl)c3)(CC(=O)c3cc(-c4ccc(F)cc4F)on3)C2)CC1. The first-order valence-electron chi connectivity index (χ1n) is 14.4. The number of ketones is 2. The van der Waals surface area contributed by atoms with Crippen LogP contribution in [0.4, 0.5) is 8.78 Å². The molecule has 1 saturated carbocycles. The molecule has 2 fully saturated rings. The van der Waals surface area contributed by atoms with E-state index in [4.69, 9.17) is 16.1 Å². The van der Waals surface area contributed by atoms with Gasteiger partial charge in [-0.25, -0.2) is 8.78 Å². The smallest absolute Gasteiger partial charge is 0.185 e. The Morgan fingerprint density at radius 3 is 2.48 bits per heavy atom. The number of Topliss-reactive ketones (excluding diaryl/α,β-unsaturated/α-hetero) is 2. The lowest BCUT2D eigenvalue weighted by Crippen LogP contribution is -2.62. The molecular weight excluding hydrogens is 562 g/mol. The first-order chi connectivity index (χ1) is 19.7. The maximum absolute atomic E-state index is 14.3. The fraction of sp³-hybridized carbons (Fsp3) is 0.485. The third kappa shape index (κ3) is 6.82. The number of rotatable bonds is 10. The van der Waals surface area contributed by atoms with Crippen molar-refractivity contribution in [1.82, 2.24) is 10.1 Å². The van der Waals surface area contributed by atoms with E-state index < -0.39 is 28.1 Å². The van der Waals surface area contributed by atoms with E-state index in [0.717, 1.165) is 30.5 Å². The lowest BCUT2D eigenvalue weighted by molar-refractivity contribution is -0.128. The molecule has 1 N–H and O–H groups in total. The Morgan fingerprint density at radius 1 is 1.10 bits per heavy atom. The van der Waals surface area contributed by atoms with E-state index in [1.54, 1.807) is 6.07 Å².